The first kappa shape index (κ1) is 113. The Morgan fingerprint density at radius 1 is 0.401 bits per heavy atom. The third-order valence-corrected chi connectivity index (χ3v) is 31.3. The monoisotopic (exact) mass is 2000 g/mol. The van der Waals surface area contributed by atoms with Crippen LogP contribution in [0.4, 0.5) is 32.3 Å². The number of rotatable bonds is 16. The maximum Gasteiger partial charge on any atom is 0.425 e. The van der Waals surface area contributed by atoms with Crippen LogP contribution in [0, 0.1) is 73.7 Å². The third-order valence-electron chi connectivity index (χ3n) is 23.5. The highest BCUT2D eigenvalue weighted by Crippen LogP contribution is 2.48. The van der Waals surface area contributed by atoms with Crippen molar-refractivity contribution >= 4 is 88.7 Å². The lowest BCUT2D eigenvalue weighted by atomic mass is 9.89. The van der Waals surface area contributed by atoms with Gasteiger partial charge in [-0.2, -0.15) is 9.80 Å². The standard InChI is InChI=1S/C38H45FN4O7S.C31H39FN4O7S.C28H29FN4O3S.C8H6.2CH4/c1-25-14-17-30(40-20-25)31(44)19-27-15-16-29(39)28(18-27)37(8)24-51(47,48)38(22-42(23-38)21-26-12-10-9-11-13-26)32(41-37)43(33(45)49-35(2,3)4)34(46)50-36(5,6)7;1-19-9-12-23(34-15-19)24(37)14-20-10-11-22(32)21(13-20)30(8)18-44(40,41)31(16-33-17-31)25(35-30)36(26(38)42-28(2,3)4)27(39)43-29(5,6)7;1-19-8-11-24(31-14-19)25(34)13-21-9-10-23(29)22(12-21)27(2)18-37(35,36)28(26(30)32-27)16-33(17-28)15-20-6-4-3-5-7-20;1-3-5-7-8-6-4-2;;/h9-18,20H,19,21-24H2,1-8H3;9-13,15,33H,14,16-18H2,1-8H3;3-12,14H,13,15-18H2,1-2H3,(H2,30,32);1-2H3;2*1H4/t37-;30-;27-;;;/m000.../s1. The highest BCUT2D eigenvalue weighted by molar-refractivity contribution is 7.94. The number of benzene rings is 5. The first-order valence-electron chi connectivity index (χ1n) is 45.3. The Labute approximate surface area is 832 Å². The zero-order valence-electron chi connectivity index (χ0n) is 82.4. The van der Waals surface area contributed by atoms with Crippen LogP contribution in [-0.4, -0.2) is 212 Å². The summed E-state index contributed by atoms with van der Waals surface area (Å²) in [6.07, 6.45) is -0.214. The summed E-state index contributed by atoms with van der Waals surface area (Å²) in [6.45, 7) is 33.8. The lowest BCUT2D eigenvalue weighted by molar-refractivity contribution is 0.0104. The van der Waals surface area contributed by atoms with E-state index >= 15 is 13.2 Å². The van der Waals surface area contributed by atoms with E-state index in [9.17, 15) is 58.8 Å². The molecule has 0 aliphatic carbocycles. The molecule has 0 unspecified atom stereocenters. The van der Waals surface area contributed by atoms with E-state index in [0.29, 0.717) is 45.3 Å². The summed E-state index contributed by atoms with van der Waals surface area (Å²) in [5.41, 5.74) is 3.79. The van der Waals surface area contributed by atoms with E-state index < -0.39 is 148 Å². The molecule has 3 fully saturated rings. The molecule has 9 heterocycles. The van der Waals surface area contributed by atoms with Gasteiger partial charge in [-0.3, -0.25) is 54.1 Å². The zero-order valence-corrected chi connectivity index (χ0v) is 84.9. The number of ketones is 3. The molecular formula is C107H127F3N12O17S3. The topological polar surface area (TPSA) is 386 Å². The molecule has 4 amide bonds. The number of likely N-dealkylation sites (tertiary alicyclic amines) is 2. The number of aryl methyl sites for hydroxylation is 3. The highest BCUT2D eigenvalue weighted by Gasteiger charge is 2.67. The summed E-state index contributed by atoms with van der Waals surface area (Å²) < 4.78 is 149. The first-order chi connectivity index (χ1) is 65.2. The Morgan fingerprint density at radius 3 is 0.951 bits per heavy atom. The van der Waals surface area contributed by atoms with Crippen molar-refractivity contribution in [2.75, 3.05) is 56.5 Å². The number of carbonyl (C=O) groups is 7. The minimum absolute atomic E-state index is 0. The number of aromatic nitrogens is 3. The number of carbonyl (C=O) groups excluding carboxylic acids is 7. The lowest BCUT2D eigenvalue weighted by Gasteiger charge is -2.54. The molecule has 0 saturated carbocycles. The van der Waals surface area contributed by atoms with Gasteiger partial charge in [-0.05, 0) is 261 Å². The average molecular weight is 2010 g/mol. The van der Waals surface area contributed by atoms with E-state index in [2.05, 4.69) is 60.8 Å². The SMILES string of the molecule is C.C.CC#CC#CC#CC.Cc1ccc(C(=O)Cc2ccc(F)c([C@]3(C)CS(=O)(=O)C4(CN(Cc5ccccc5)C4)C(N(C(=O)OC(C)(C)C)C(=O)OC(C)(C)C)=N3)c2)nc1.Cc1ccc(C(=O)Cc2ccc(F)c([C@]3(C)CS(=O)(=O)C4(CN(Cc5ccccc5)C4)C(N)=N3)c2)nc1.Cc1ccc(C(=O)Cc2ccc(F)c([C@]3(C)CS(=O)(=O)C4(CNC4)C(N(C(=O)OC(C)(C)C)C(=O)OC(C)(C)C)=N3)c2)nc1. The van der Waals surface area contributed by atoms with Gasteiger partial charge in [-0.1, -0.05) is 124 Å². The number of hydrogen-bond donors (Lipinski definition) is 2. The number of nitrogens with one attached hydrogen (secondary N) is 1. The molecule has 3 aromatic heterocycles. The van der Waals surface area contributed by atoms with Crippen molar-refractivity contribution in [3.63, 3.8) is 0 Å². The molecular weight excluding hydrogens is 1880 g/mol. The molecule has 756 valence electrons. The second-order valence-corrected chi connectivity index (χ2v) is 47.2. The van der Waals surface area contributed by atoms with Gasteiger partial charge in [0, 0.05) is 107 Å². The number of aliphatic imine (C=N–C) groups is 3. The van der Waals surface area contributed by atoms with Gasteiger partial charge in [0.1, 0.15) is 91.1 Å². The fourth-order valence-corrected chi connectivity index (χ4v) is 23.7. The molecule has 29 nitrogen and oxygen atoms in total. The first-order valence-corrected chi connectivity index (χ1v) is 50.2. The maximum absolute atomic E-state index is 15.9. The fraction of sp³-hybridized carbons (Fsp3) is 0.430. The van der Waals surface area contributed by atoms with Gasteiger partial charge in [0.2, 0.25) is 0 Å². The van der Waals surface area contributed by atoms with Crippen LogP contribution in [0.5, 0.6) is 0 Å². The summed E-state index contributed by atoms with van der Waals surface area (Å²) >= 11 is 0. The van der Waals surface area contributed by atoms with Crippen LogP contribution in [0.25, 0.3) is 0 Å². The van der Waals surface area contributed by atoms with E-state index in [1.165, 1.54) is 56.3 Å². The Bertz CT molecular complexity index is 6690. The van der Waals surface area contributed by atoms with E-state index in [1.54, 1.807) is 159 Å². The molecule has 142 heavy (non-hydrogen) atoms. The second kappa shape index (κ2) is 43.9. The van der Waals surface area contributed by atoms with Crippen molar-refractivity contribution in [1.82, 2.24) is 39.9 Å². The van der Waals surface area contributed by atoms with Gasteiger partial charge in [-0.25, -0.2) is 57.6 Å². The number of imide groups is 2. The van der Waals surface area contributed by atoms with Crippen molar-refractivity contribution in [2.45, 2.75) is 239 Å². The predicted molar refractivity (Wildman–Crippen MR) is 541 cm³/mol. The van der Waals surface area contributed by atoms with E-state index in [0.717, 1.165) is 39.9 Å². The molecule has 3 N–H and O–H groups in total. The largest absolute Gasteiger partial charge is 0.443 e. The normalized spacial score (nSPS) is 19.6. The molecule has 0 radical (unpaired) electrons. The molecule has 6 aliphatic heterocycles. The molecule has 6 aliphatic rings. The summed E-state index contributed by atoms with van der Waals surface area (Å²) in [7, 11) is -12.2. The van der Waals surface area contributed by atoms with Crippen molar-refractivity contribution < 1.29 is 90.9 Å². The summed E-state index contributed by atoms with van der Waals surface area (Å²) in [4.78, 5) is 125. The number of hydrogen-bond acceptors (Lipinski definition) is 27. The Balaban J connectivity index is 0.000000229. The minimum Gasteiger partial charge on any atom is -0.443 e. The Hall–Kier alpha value is -13.0. The highest BCUT2D eigenvalue weighted by atomic mass is 32.2. The molecule has 8 aromatic rings. The number of amidine groups is 3. The number of Topliss-reactive ketones (excluding diaryl/α,β-unsaturated/α-hetero) is 3. The summed E-state index contributed by atoms with van der Waals surface area (Å²) in [5, 5.41) is 2.91. The second-order valence-electron chi connectivity index (χ2n) is 40.3. The van der Waals surface area contributed by atoms with Crippen LogP contribution in [-0.2, 0) is 97.4 Å². The van der Waals surface area contributed by atoms with Crippen LogP contribution in [0.3, 0.4) is 0 Å². The summed E-state index contributed by atoms with van der Waals surface area (Å²) in [5.74, 6) is 10.1. The van der Waals surface area contributed by atoms with Crippen LogP contribution >= 0.6 is 0 Å². The minimum atomic E-state index is -4.29. The number of nitrogens with two attached hydrogens (primary N) is 1. The average Bonchev–Trinajstić information content (AvgIpc) is 0.700. The van der Waals surface area contributed by atoms with Gasteiger partial charge in [0.15, 0.2) is 61.1 Å². The molecule has 3 atom stereocenters. The van der Waals surface area contributed by atoms with Crippen LogP contribution in [0.2, 0.25) is 0 Å². The molecule has 3 saturated heterocycles. The molecule has 5 aromatic carbocycles. The van der Waals surface area contributed by atoms with Crippen molar-refractivity contribution in [1.29, 1.82) is 0 Å². The molecule has 0 bridgehead atoms. The lowest BCUT2D eigenvalue weighted by Crippen LogP contribution is -2.76. The number of pyridine rings is 3. The molecule has 3 spiro atoms. The molecule has 35 heteroatoms. The maximum atomic E-state index is 15.9. The number of nitrogens with zero attached hydrogens (tertiary/aromatic N) is 10. The Kier molecular flexibility index (Phi) is 34.8. The van der Waals surface area contributed by atoms with Crippen LogP contribution in [0.1, 0.15) is 225 Å². The van der Waals surface area contributed by atoms with Gasteiger partial charge in [0.05, 0.1) is 17.3 Å². The van der Waals surface area contributed by atoms with Crippen LogP contribution < -0.4 is 11.1 Å². The number of ether oxygens (including phenoxy) is 4. The van der Waals surface area contributed by atoms with Crippen molar-refractivity contribution in [3.05, 3.63) is 266 Å². The Morgan fingerprint density at radius 2 is 0.683 bits per heavy atom. The predicted octanol–water partition coefficient (Wildman–Crippen LogP) is 16.5. The van der Waals surface area contributed by atoms with E-state index in [1.807, 2.05) is 91.2 Å². The summed E-state index contributed by atoms with van der Waals surface area (Å²) in [6, 6.07) is 41.7. The fourth-order valence-electron chi connectivity index (χ4n) is 16.6. The van der Waals surface area contributed by atoms with Gasteiger partial charge in [0.25, 0.3) is 0 Å². The van der Waals surface area contributed by atoms with Gasteiger partial charge >= 0.3 is 24.4 Å². The van der Waals surface area contributed by atoms with Crippen molar-refractivity contribution in [3.8, 4) is 35.5 Å². The molecule has 14 rings (SSSR count). The number of halogens is 3. The van der Waals surface area contributed by atoms with Crippen molar-refractivity contribution in [2.24, 2.45) is 20.7 Å². The smallest absolute Gasteiger partial charge is 0.425 e. The third kappa shape index (κ3) is 26.3. The van der Waals surface area contributed by atoms with Gasteiger partial charge < -0.3 is 30.0 Å². The number of amides is 4. The van der Waals surface area contributed by atoms with Crippen LogP contribution in [0.15, 0.2) is 185 Å². The van der Waals surface area contributed by atoms with Gasteiger partial charge in [-0.15, -0.1) is 0 Å². The zero-order chi connectivity index (χ0) is 103. The van der Waals surface area contributed by atoms with E-state index in [-0.39, 0.29) is 130 Å². The number of sulfone groups is 3. The van der Waals surface area contributed by atoms with E-state index in [4.69, 9.17) is 34.7 Å². The quantitative estimate of drug-likeness (QED) is 0.0515.